The lowest BCUT2D eigenvalue weighted by Gasteiger charge is -2.31. The minimum absolute atomic E-state index is 0.0287. The average Bonchev–Trinajstić information content (AvgIpc) is 3.68. The fourth-order valence-electron chi connectivity index (χ4n) is 7.47. The maximum atomic E-state index is 14.1. The van der Waals surface area contributed by atoms with Gasteiger partial charge >= 0.3 is 0 Å². The highest BCUT2D eigenvalue weighted by Gasteiger charge is 2.54. The number of aromatic nitrogens is 1. The standard InChI is InChI=1S/C30H35Cl2N5O5/c31-16-9-20(32)19-11-23(34-21(19)10-16)29(42)37-13-14-2-1-3-18(14)24(37)27(40)35-22(25(38)28(41)33-17-4-5-17)8-15-12-30(6-7-30)36-26(15)39/h9-11,14-15,17-18,22,24-25,34,38H,1-8,12-13H2,(H,33,41)(H,35,40)(H,36,39)/t14-,15+,18-,22?,24-,25?/m0/s1. The van der Waals surface area contributed by atoms with Gasteiger partial charge in [0, 0.05) is 40.0 Å². The number of aliphatic hydroxyl groups excluding tert-OH is 1. The molecule has 1 aromatic carbocycles. The zero-order chi connectivity index (χ0) is 29.3. The van der Waals surface area contributed by atoms with Gasteiger partial charge in [-0.2, -0.15) is 0 Å². The number of nitrogens with one attached hydrogen (secondary N) is 4. The number of amides is 4. The third-order valence-electron chi connectivity index (χ3n) is 9.99. The molecule has 1 aromatic heterocycles. The Hall–Kier alpha value is -2.82. The summed E-state index contributed by atoms with van der Waals surface area (Å²) in [4.78, 5) is 58.4. The molecule has 0 bridgehead atoms. The number of likely N-dealkylation sites (tertiary alicyclic amines) is 1. The molecule has 4 amide bonds. The molecule has 3 saturated carbocycles. The molecule has 5 fully saturated rings. The van der Waals surface area contributed by atoms with Crippen molar-refractivity contribution in [3.8, 4) is 0 Å². The van der Waals surface area contributed by atoms with E-state index in [4.69, 9.17) is 23.2 Å². The number of benzene rings is 1. The highest BCUT2D eigenvalue weighted by Crippen LogP contribution is 2.47. The zero-order valence-electron chi connectivity index (χ0n) is 23.1. The first-order valence-corrected chi connectivity index (χ1v) is 15.8. The van der Waals surface area contributed by atoms with Crippen molar-refractivity contribution in [2.45, 2.75) is 87.6 Å². The van der Waals surface area contributed by atoms with Gasteiger partial charge in [-0.05, 0) is 81.4 Å². The number of nitrogens with zero attached hydrogens (tertiary/aromatic N) is 1. The quantitative estimate of drug-likeness (QED) is 0.310. The summed E-state index contributed by atoms with van der Waals surface area (Å²) in [6.07, 6.45) is 5.53. The fourth-order valence-corrected chi connectivity index (χ4v) is 8.02. The van der Waals surface area contributed by atoms with E-state index < -0.39 is 35.9 Å². The maximum absolute atomic E-state index is 14.1. The minimum Gasteiger partial charge on any atom is -0.381 e. The Morgan fingerprint density at radius 2 is 1.90 bits per heavy atom. The highest BCUT2D eigenvalue weighted by atomic mass is 35.5. The first kappa shape index (κ1) is 28.0. The third kappa shape index (κ3) is 5.15. The Labute approximate surface area is 253 Å². The topological polar surface area (TPSA) is 144 Å². The van der Waals surface area contributed by atoms with Gasteiger partial charge in [0.15, 0.2) is 6.10 Å². The Morgan fingerprint density at radius 3 is 2.62 bits per heavy atom. The molecule has 2 unspecified atom stereocenters. The van der Waals surface area contributed by atoms with Gasteiger partial charge in [0.2, 0.25) is 11.8 Å². The second-order valence-electron chi connectivity index (χ2n) is 13.0. The molecule has 2 saturated heterocycles. The molecule has 6 atom stereocenters. The lowest BCUT2D eigenvalue weighted by atomic mass is 9.90. The molecule has 0 radical (unpaired) electrons. The number of rotatable bonds is 8. The van der Waals surface area contributed by atoms with E-state index in [0.717, 1.165) is 44.9 Å². The van der Waals surface area contributed by atoms with Crippen LogP contribution in [0.3, 0.4) is 0 Å². The van der Waals surface area contributed by atoms with Crippen molar-refractivity contribution in [3.63, 3.8) is 0 Å². The van der Waals surface area contributed by atoms with Gasteiger partial charge in [-0.1, -0.05) is 29.6 Å². The summed E-state index contributed by atoms with van der Waals surface area (Å²) < 4.78 is 0. The first-order valence-electron chi connectivity index (χ1n) is 15.0. The summed E-state index contributed by atoms with van der Waals surface area (Å²) in [7, 11) is 0. The van der Waals surface area contributed by atoms with Gasteiger partial charge in [-0.25, -0.2) is 0 Å². The van der Waals surface area contributed by atoms with Crippen molar-refractivity contribution in [1.82, 2.24) is 25.8 Å². The molecule has 3 heterocycles. The highest BCUT2D eigenvalue weighted by molar-refractivity contribution is 6.38. The zero-order valence-corrected chi connectivity index (χ0v) is 24.6. The van der Waals surface area contributed by atoms with Gasteiger partial charge in [0.05, 0.1) is 11.1 Å². The van der Waals surface area contributed by atoms with Crippen LogP contribution < -0.4 is 16.0 Å². The van der Waals surface area contributed by atoms with E-state index in [9.17, 15) is 24.3 Å². The number of fused-ring (bicyclic) bond motifs is 2. The number of halogens is 2. The van der Waals surface area contributed by atoms with Crippen LogP contribution >= 0.6 is 23.2 Å². The van der Waals surface area contributed by atoms with Crippen LogP contribution in [0, 0.1) is 17.8 Å². The van der Waals surface area contributed by atoms with Gasteiger partial charge in [-0.3, -0.25) is 19.2 Å². The molecule has 7 rings (SSSR count). The molecular formula is C30H35Cl2N5O5. The molecule has 3 aliphatic carbocycles. The number of aromatic amines is 1. The summed E-state index contributed by atoms with van der Waals surface area (Å²) in [5.41, 5.74) is 0.768. The van der Waals surface area contributed by atoms with E-state index in [2.05, 4.69) is 20.9 Å². The van der Waals surface area contributed by atoms with Crippen molar-refractivity contribution in [1.29, 1.82) is 0 Å². The number of hydrogen-bond donors (Lipinski definition) is 5. The molecule has 2 aromatic rings. The Kier molecular flexibility index (Phi) is 6.94. The summed E-state index contributed by atoms with van der Waals surface area (Å²) in [5, 5.41) is 21.5. The predicted octanol–water partition coefficient (Wildman–Crippen LogP) is 2.90. The molecule has 1 spiro atoms. The van der Waals surface area contributed by atoms with Crippen LogP contribution in [0.15, 0.2) is 18.2 Å². The predicted molar refractivity (Wildman–Crippen MR) is 156 cm³/mol. The van der Waals surface area contributed by atoms with Crippen molar-refractivity contribution in [2.75, 3.05) is 6.54 Å². The van der Waals surface area contributed by atoms with E-state index >= 15 is 0 Å². The number of H-pyrrole nitrogens is 1. The van der Waals surface area contributed by atoms with Gasteiger partial charge in [-0.15, -0.1) is 0 Å². The van der Waals surface area contributed by atoms with Crippen molar-refractivity contribution < 1.29 is 24.3 Å². The molecule has 5 N–H and O–H groups in total. The summed E-state index contributed by atoms with van der Waals surface area (Å²) >= 11 is 12.5. The number of aliphatic hydroxyl groups is 1. The van der Waals surface area contributed by atoms with Crippen LogP contribution in [0.5, 0.6) is 0 Å². The molecule has 2 aliphatic heterocycles. The third-order valence-corrected chi connectivity index (χ3v) is 10.5. The van der Waals surface area contributed by atoms with Gasteiger partial charge < -0.3 is 30.9 Å². The first-order chi connectivity index (χ1) is 20.1. The molecule has 5 aliphatic rings. The van der Waals surface area contributed by atoms with E-state index in [0.29, 0.717) is 39.6 Å². The maximum Gasteiger partial charge on any atom is 0.271 e. The van der Waals surface area contributed by atoms with E-state index in [1.54, 1.807) is 23.1 Å². The Bertz CT molecular complexity index is 1470. The second kappa shape index (κ2) is 10.4. The van der Waals surface area contributed by atoms with Crippen LogP contribution in [0.2, 0.25) is 10.0 Å². The summed E-state index contributed by atoms with van der Waals surface area (Å²) in [6, 6.07) is 3.31. The van der Waals surface area contributed by atoms with Crippen LogP contribution in [0.1, 0.15) is 68.3 Å². The van der Waals surface area contributed by atoms with Crippen molar-refractivity contribution >= 4 is 57.7 Å². The smallest absolute Gasteiger partial charge is 0.271 e. The molecule has 12 heteroatoms. The monoisotopic (exact) mass is 615 g/mol. The minimum atomic E-state index is -1.51. The second-order valence-corrected chi connectivity index (χ2v) is 13.9. The number of hydrogen-bond acceptors (Lipinski definition) is 5. The lowest BCUT2D eigenvalue weighted by Crippen LogP contribution is -2.57. The molecule has 10 nitrogen and oxygen atoms in total. The molecular weight excluding hydrogens is 581 g/mol. The SMILES string of the molecule is O=C(NC1CC1)C(O)C(C[C@@H]1CC2(CC2)NC1=O)NC(=O)[C@@H]1[C@H]2CCC[C@H]2CN1C(=O)c1cc2c(Cl)cc(Cl)cc2[nH]1. The van der Waals surface area contributed by atoms with Crippen LogP contribution in [-0.4, -0.2) is 74.9 Å². The molecule has 42 heavy (non-hydrogen) atoms. The van der Waals surface area contributed by atoms with Crippen molar-refractivity contribution in [2.24, 2.45) is 17.8 Å². The van der Waals surface area contributed by atoms with E-state index in [-0.39, 0.29) is 41.7 Å². The average molecular weight is 617 g/mol. The van der Waals surface area contributed by atoms with Gasteiger partial charge in [0.1, 0.15) is 11.7 Å². The number of carbonyl (C=O) groups excluding carboxylic acids is 4. The van der Waals surface area contributed by atoms with Crippen molar-refractivity contribution in [3.05, 3.63) is 33.9 Å². The summed E-state index contributed by atoms with van der Waals surface area (Å²) in [6.45, 7) is 0.439. The van der Waals surface area contributed by atoms with E-state index in [1.807, 2.05) is 0 Å². The van der Waals surface area contributed by atoms with E-state index in [1.165, 1.54) is 0 Å². The fraction of sp³-hybridized carbons (Fsp3) is 0.600. The van der Waals surface area contributed by atoms with Crippen LogP contribution in [0.25, 0.3) is 10.9 Å². The van der Waals surface area contributed by atoms with Crippen LogP contribution in [0.4, 0.5) is 0 Å². The Morgan fingerprint density at radius 1 is 1.12 bits per heavy atom. The lowest BCUT2D eigenvalue weighted by molar-refractivity contribution is -0.135. The van der Waals surface area contributed by atoms with Crippen LogP contribution in [-0.2, 0) is 14.4 Å². The van der Waals surface area contributed by atoms with Gasteiger partial charge in [0.25, 0.3) is 11.8 Å². The largest absolute Gasteiger partial charge is 0.381 e. The summed E-state index contributed by atoms with van der Waals surface area (Å²) in [5.74, 6) is -1.63. The molecule has 224 valence electrons. The Balaban J connectivity index is 1.14. The number of carbonyl (C=O) groups is 4. The normalized spacial score (nSPS) is 28.9.